The van der Waals surface area contributed by atoms with E-state index in [-0.39, 0.29) is 0 Å². The lowest BCUT2D eigenvalue weighted by molar-refractivity contribution is 0.0932. The zero-order valence-corrected chi connectivity index (χ0v) is 9.92. The van der Waals surface area contributed by atoms with E-state index in [4.69, 9.17) is 11.6 Å². The van der Waals surface area contributed by atoms with Crippen molar-refractivity contribution in [3.8, 4) is 0 Å². The van der Waals surface area contributed by atoms with Crippen LogP contribution in [0, 0.1) is 6.92 Å². The molecule has 2 aromatic rings. The van der Waals surface area contributed by atoms with E-state index >= 15 is 0 Å². The number of rotatable bonds is 2. The van der Waals surface area contributed by atoms with E-state index in [1.54, 1.807) is 25.4 Å². The predicted molar refractivity (Wildman–Crippen MR) is 63.4 cm³/mol. The first-order valence-corrected chi connectivity index (χ1v) is 5.38. The number of nitrogens with zero attached hydrogens (tertiary/aromatic N) is 1. The molecule has 0 saturated carbocycles. The largest absolute Gasteiger partial charge is 0.377 e. The summed E-state index contributed by atoms with van der Waals surface area (Å²) >= 11 is 6.10. The van der Waals surface area contributed by atoms with Crippen molar-refractivity contribution in [2.75, 3.05) is 0 Å². The summed E-state index contributed by atoms with van der Waals surface area (Å²) in [4.78, 5) is 6.97. The molecule has 0 spiro atoms. The molecule has 2 N–H and O–H groups in total. The summed E-state index contributed by atoms with van der Waals surface area (Å²) in [7, 11) is 0. The molecule has 0 bridgehead atoms. The van der Waals surface area contributed by atoms with Gasteiger partial charge in [-0.3, -0.25) is 0 Å². The quantitative estimate of drug-likeness (QED) is 0.842. The maximum absolute atomic E-state index is 10.5. The molecule has 0 radical (unpaired) electrons. The second-order valence-electron chi connectivity index (χ2n) is 3.99. The maximum atomic E-state index is 10.5. The van der Waals surface area contributed by atoms with Crippen molar-refractivity contribution in [3.63, 3.8) is 0 Å². The highest BCUT2D eigenvalue weighted by molar-refractivity contribution is 6.31. The number of aromatic amines is 1. The van der Waals surface area contributed by atoms with Gasteiger partial charge in [-0.2, -0.15) is 0 Å². The smallest absolute Gasteiger partial charge is 0.146 e. The Labute approximate surface area is 99.1 Å². The molecule has 0 fully saturated rings. The number of aryl methyl sites for hydroxylation is 1. The van der Waals surface area contributed by atoms with Crippen molar-refractivity contribution in [1.29, 1.82) is 0 Å². The molecular weight excluding hydrogens is 224 g/mol. The van der Waals surface area contributed by atoms with Gasteiger partial charge in [0, 0.05) is 23.0 Å². The number of aromatic nitrogens is 2. The Morgan fingerprint density at radius 1 is 1.44 bits per heavy atom. The van der Waals surface area contributed by atoms with E-state index in [0.29, 0.717) is 16.4 Å². The van der Waals surface area contributed by atoms with Crippen LogP contribution in [0.2, 0.25) is 5.02 Å². The summed E-state index contributed by atoms with van der Waals surface area (Å²) in [6, 6.07) is 5.55. The summed E-state index contributed by atoms with van der Waals surface area (Å²) in [5.74, 6) is 0.486. The van der Waals surface area contributed by atoms with Gasteiger partial charge in [0.2, 0.25) is 0 Å². The molecule has 1 aromatic heterocycles. The van der Waals surface area contributed by atoms with E-state index in [9.17, 15) is 5.11 Å². The van der Waals surface area contributed by atoms with E-state index in [2.05, 4.69) is 9.97 Å². The second-order valence-corrected chi connectivity index (χ2v) is 4.40. The van der Waals surface area contributed by atoms with Crippen LogP contribution in [-0.2, 0) is 5.60 Å². The van der Waals surface area contributed by atoms with Crippen LogP contribution in [0.1, 0.15) is 23.9 Å². The van der Waals surface area contributed by atoms with Gasteiger partial charge in [-0.1, -0.05) is 29.3 Å². The van der Waals surface area contributed by atoms with Crippen LogP contribution in [0.5, 0.6) is 0 Å². The van der Waals surface area contributed by atoms with Crippen molar-refractivity contribution in [3.05, 3.63) is 52.6 Å². The fraction of sp³-hybridized carbons (Fsp3) is 0.250. The number of H-pyrrole nitrogens is 1. The van der Waals surface area contributed by atoms with Crippen molar-refractivity contribution in [2.45, 2.75) is 19.4 Å². The average Bonchev–Trinajstić information content (AvgIpc) is 2.75. The molecule has 1 heterocycles. The van der Waals surface area contributed by atoms with Crippen molar-refractivity contribution in [1.82, 2.24) is 9.97 Å². The molecule has 4 heteroatoms. The van der Waals surface area contributed by atoms with Crippen LogP contribution in [0.3, 0.4) is 0 Å². The lowest BCUT2D eigenvalue weighted by Crippen LogP contribution is -2.25. The monoisotopic (exact) mass is 236 g/mol. The average molecular weight is 237 g/mol. The fourth-order valence-electron chi connectivity index (χ4n) is 1.67. The molecule has 2 rings (SSSR count). The van der Waals surface area contributed by atoms with Gasteiger partial charge in [-0.25, -0.2) is 4.98 Å². The van der Waals surface area contributed by atoms with Crippen LogP contribution in [0.15, 0.2) is 30.6 Å². The number of imidazole rings is 1. The molecule has 0 aliphatic rings. The molecule has 84 valence electrons. The summed E-state index contributed by atoms with van der Waals surface area (Å²) in [6.45, 7) is 3.63. The second kappa shape index (κ2) is 3.92. The third kappa shape index (κ3) is 1.84. The minimum Gasteiger partial charge on any atom is -0.377 e. The lowest BCUT2D eigenvalue weighted by atomic mass is 9.94. The van der Waals surface area contributed by atoms with E-state index in [1.807, 2.05) is 19.1 Å². The van der Waals surface area contributed by atoms with Gasteiger partial charge in [-0.15, -0.1) is 0 Å². The van der Waals surface area contributed by atoms with Crippen molar-refractivity contribution < 1.29 is 5.11 Å². The fourth-order valence-corrected chi connectivity index (χ4v) is 1.97. The minimum atomic E-state index is -1.20. The van der Waals surface area contributed by atoms with Gasteiger partial charge in [0.05, 0.1) is 0 Å². The maximum Gasteiger partial charge on any atom is 0.146 e. The predicted octanol–water partition coefficient (Wildman–Crippen LogP) is 2.63. The Hall–Kier alpha value is -1.32. The van der Waals surface area contributed by atoms with Gasteiger partial charge in [0.25, 0.3) is 0 Å². The van der Waals surface area contributed by atoms with Gasteiger partial charge in [0.15, 0.2) is 0 Å². The Bertz CT molecular complexity index is 492. The topological polar surface area (TPSA) is 48.9 Å². The number of benzene rings is 1. The van der Waals surface area contributed by atoms with Gasteiger partial charge >= 0.3 is 0 Å². The first-order valence-electron chi connectivity index (χ1n) is 5.00. The Morgan fingerprint density at radius 2 is 2.19 bits per heavy atom. The zero-order valence-electron chi connectivity index (χ0n) is 9.16. The number of nitrogens with one attached hydrogen (secondary N) is 1. The molecule has 1 unspecified atom stereocenters. The summed E-state index contributed by atoms with van der Waals surface area (Å²) in [5, 5.41) is 11.0. The Morgan fingerprint density at radius 3 is 2.81 bits per heavy atom. The van der Waals surface area contributed by atoms with Crippen LogP contribution in [-0.4, -0.2) is 15.1 Å². The summed E-state index contributed by atoms with van der Waals surface area (Å²) < 4.78 is 0. The molecule has 0 aliphatic carbocycles. The highest BCUT2D eigenvalue weighted by atomic mass is 35.5. The third-order valence-electron chi connectivity index (χ3n) is 2.61. The normalized spacial score (nSPS) is 14.8. The lowest BCUT2D eigenvalue weighted by Gasteiger charge is -2.23. The first kappa shape index (κ1) is 11.2. The van der Waals surface area contributed by atoms with Gasteiger partial charge < -0.3 is 10.1 Å². The number of aliphatic hydroxyl groups is 1. The molecule has 1 aromatic carbocycles. The minimum absolute atomic E-state index is 0.486. The van der Waals surface area contributed by atoms with E-state index < -0.39 is 5.60 Å². The Balaban J connectivity index is 2.55. The summed E-state index contributed by atoms with van der Waals surface area (Å²) in [5.41, 5.74) is 0.502. The molecule has 0 saturated heterocycles. The molecule has 3 nitrogen and oxygen atoms in total. The highest BCUT2D eigenvalue weighted by Crippen LogP contribution is 2.32. The van der Waals surface area contributed by atoms with Gasteiger partial charge in [-0.05, 0) is 19.9 Å². The number of halogens is 1. The zero-order chi connectivity index (χ0) is 11.8. The van der Waals surface area contributed by atoms with Crippen LogP contribution >= 0.6 is 11.6 Å². The van der Waals surface area contributed by atoms with Crippen LogP contribution in [0.4, 0.5) is 0 Å². The molecule has 1 atom stereocenters. The molecule has 0 amide bonds. The van der Waals surface area contributed by atoms with Crippen molar-refractivity contribution in [2.24, 2.45) is 0 Å². The molecule has 0 aliphatic heterocycles. The Kier molecular flexibility index (Phi) is 2.74. The number of hydrogen-bond donors (Lipinski definition) is 2. The molecule has 16 heavy (non-hydrogen) atoms. The standard InChI is InChI=1S/C12H13ClN2O/c1-8-3-4-10(13)9(7-8)12(2,16)11-14-5-6-15-11/h3-7,16H,1-2H3,(H,14,15). The summed E-state index contributed by atoms with van der Waals surface area (Å²) in [6.07, 6.45) is 3.28. The van der Waals surface area contributed by atoms with Crippen molar-refractivity contribution >= 4 is 11.6 Å². The first-order chi connectivity index (χ1) is 7.51. The number of hydrogen-bond acceptors (Lipinski definition) is 2. The van der Waals surface area contributed by atoms with Crippen LogP contribution in [0.25, 0.3) is 0 Å². The van der Waals surface area contributed by atoms with Gasteiger partial charge in [0.1, 0.15) is 11.4 Å². The van der Waals surface area contributed by atoms with E-state index in [1.165, 1.54) is 0 Å². The molecular formula is C12H13ClN2O. The highest BCUT2D eigenvalue weighted by Gasteiger charge is 2.30. The van der Waals surface area contributed by atoms with E-state index in [0.717, 1.165) is 5.56 Å². The SMILES string of the molecule is Cc1ccc(Cl)c(C(C)(O)c2ncc[nH]2)c1. The van der Waals surface area contributed by atoms with Crippen LogP contribution < -0.4 is 0 Å². The third-order valence-corrected chi connectivity index (χ3v) is 2.94.